The molecule has 0 fully saturated rings. The molecule has 0 aliphatic heterocycles. The van der Waals surface area contributed by atoms with Crippen molar-refractivity contribution in [1.29, 1.82) is 0 Å². The van der Waals surface area contributed by atoms with E-state index in [4.69, 9.17) is 9.47 Å². The molecule has 0 bridgehead atoms. The summed E-state index contributed by atoms with van der Waals surface area (Å²) in [6.45, 7) is 0. The monoisotopic (exact) mass is 343 g/mol. The highest BCUT2D eigenvalue weighted by Crippen LogP contribution is 2.50. The van der Waals surface area contributed by atoms with E-state index in [0.717, 1.165) is 16.7 Å². The second-order valence-electron chi connectivity index (χ2n) is 6.36. The van der Waals surface area contributed by atoms with Gasteiger partial charge in [0.2, 0.25) is 6.29 Å². The fourth-order valence-corrected chi connectivity index (χ4v) is 3.93. The third kappa shape index (κ3) is 2.48. The van der Waals surface area contributed by atoms with E-state index in [-0.39, 0.29) is 5.92 Å². The molecule has 0 saturated carbocycles. The van der Waals surface area contributed by atoms with Gasteiger partial charge in [0, 0.05) is 5.92 Å². The third-order valence-corrected chi connectivity index (χ3v) is 5.11. The zero-order valence-corrected chi connectivity index (χ0v) is 14.7. The highest BCUT2D eigenvalue weighted by atomic mass is 16.5. The van der Waals surface area contributed by atoms with Gasteiger partial charge >= 0.3 is 0 Å². The van der Waals surface area contributed by atoms with Gasteiger partial charge in [0.1, 0.15) is 0 Å². The van der Waals surface area contributed by atoms with Crippen LogP contribution < -0.4 is 9.47 Å². The Hall–Kier alpha value is -3.07. The van der Waals surface area contributed by atoms with E-state index in [2.05, 4.69) is 30.6 Å². The maximum Gasteiger partial charge on any atom is 0.207 e. The van der Waals surface area contributed by atoms with Crippen LogP contribution in [0.2, 0.25) is 0 Å². The lowest BCUT2D eigenvalue weighted by molar-refractivity contribution is 0.354. The van der Waals surface area contributed by atoms with Crippen LogP contribution in [0.3, 0.4) is 0 Å². The molecule has 3 aromatic carbocycles. The fraction of sp³-hybridized carbons (Fsp3) is 0.174. The fourth-order valence-electron chi connectivity index (χ4n) is 3.93. The molecule has 0 N–H and O–H groups in total. The summed E-state index contributed by atoms with van der Waals surface area (Å²) in [4.78, 5) is 12.1. The van der Waals surface area contributed by atoms with Crippen LogP contribution in [0.25, 0.3) is 11.1 Å². The van der Waals surface area contributed by atoms with Crippen LogP contribution in [-0.4, -0.2) is 20.5 Å². The molecule has 4 rings (SSSR count). The first kappa shape index (κ1) is 16.4. The Bertz CT molecular complexity index is 916. The molecular formula is C23H19O3. The smallest absolute Gasteiger partial charge is 0.207 e. The van der Waals surface area contributed by atoms with Gasteiger partial charge in [-0.1, -0.05) is 54.6 Å². The molecular weight excluding hydrogens is 324 g/mol. The summed E-state index contributed by atoms with van der Waals surface area (Å²) in [5, 5.41) is 0. The Kier molecular flexibility index (Phi) is 4.21. The normalized spacial score (nSPS) is 13.6. The second kappa shape index (κ2) is 6.68. The van der Waals surface area contributed by atoms with Gasteiger partial charge in [-0.15, -0.1) is 0 Å². The molecule has 1 aliphatic carbocycles. The second-order valence-corrected chi connectivity index (χ2v) is 6.36. The van der Waals surface area contributed by atoms with Crippen molar-refractivity contribution in [2.45, 2.75) is 11.8 Å². The lowest BCUT2D eigenvalue weighted by Crippen LogP contribution is -2.12. The van der Waals surface area contributed by atoms with Crippen molar-refractivity contribution >= 4 is 6.29 Å². The molecule has 1 radical (unpaired) electrons. The van der Waals surface area contributed by atoms with Crippen LogP contribution in [0.1, 0.15) is 28.5 Å². The number of ether oxygens (including phenoxy) is 2. The van der Waals surface area contributed by atoms with Crippen LogP contribution in [0.15, 0.2) is 66.7 Å². The van der Waals surface area contributed by atoms with Gasteiger partial charge in [-0.25, -0.2) is 0 Å². The number of hydrogen-bond donors (Lipinski definition) is 0. The first-order valence-electron chi connectivity index (χ1n) is 8.56. The number of carbonyl (C=O) groups excluding carboxylic acids is 1. The number of hydrogen-bond acceptors (Lipinski definition) is 3. The summed E-state index contributed by atoms with van der Waals surface area (Å²) in [7, 11) is 3.20. The van der Waals surface area contributed by atoms with Crippen LogP contribution in [0.4, 0.5) is 0 Å². The maximum absolute atomic E-state index is 12.1. The summed E-state index contributed by atoms with van der Waals surface area (Å²) in [5.41, 5.74) is 5.57. The van der Waals surface area contributed by atoms with Gasteiger partial charge in [-0.2, -0.15) is 0 Å². The maximum atomic E-state index is 12.1. The molecule has 3 nitrogen and oxygen atoms in total. The quantitative estimate of drug-likeness (QED) is 0.673. The van der Waals surface area contributed by atoms with Gasteiger partial charge in [-0.05, 0) is 39.9 Å². The largest absolute Gasteiger partial charge is 0.493 e. The molecule has 1 unspecified atom stereocenters. The van der Waals surface area contributed by atoms with Gasteiger partial charge in [0.15, 0.2) is 11.5 Å². The summed E-state index contributed by atoms with van der Waals surface area (Å²) >= 11 is 0. The number of fused-ring (bicyclic) bond motifs is 3. The van der Waals surface area contributed by atoms with E-state index < -0.39 is 5.92 Å². The van der Waals surface area contributed by atoms with E-state index in [1.165, 1.54) is 11.1 Å². The predicted molar refractivity (Wildman–Crippen MR) is 102 cm³/mol. The predicted octanol–water partition coefficient (Wildman–Crippen LogP) is 4.71. The number of rotatable bonds is 5. The van der Waals surface area contributed by atoms with Crippen molar-refractivity contribution in [3.05, 3.63) is 83.4 Å². The van der Waals surface area contributed by atoms with E-state index in [0.29, 0.717) is 11.5 Å². The molecule has 3 heteroatoms. The SMILES string of the molecule is COc1ccc(C([C]=O)C2c3ccccc3-c3ccccc32)cc1OC. The lowest BCUT2D eigenvalue weighted by atomic mass is 9.80. The molecule has 1 aliphatic rings. The molecule has 0 amide bonds. The van der Waals surface area contributed by atoms with E-state index in [1.807, 2.05) is 42.5 Å². The first-order valence-corrected chi connectivity index (χ1v) is 8.56. The van der Waals surface area contributed by atoms with Gasteiger partial charge in [0.25, 0.3) is 0 Å². The summed E-state index contributed by atoms with van der Waals surface area (Å²) in [6.07, 6.45) is 2.28. The average molecular weight is 343 g/mol. The van der Waals surface area contributed by atoms with Crippen molar-refractivity contribution in [2.24, 2.45) is 0 Å². The third-order valence-electron chi connectivity index (χ3n) is 5.11. The standard InChI is InChI=1S/C23H19O3/c1-25-21-12-11-15(13-22(21)26-2)20(14-24)23-18-9-5-3-7-16(18)17-8-4-6-10-19(17)23/h3-13,20,23H,1-2H3. The van der Waals surface area contributed by atoms with Crippen LogP contribution >= 0.6 is 0 Å². The molecule has 129 valence electrons. The Balaban J connectivity index is 1.86. The van der Waals surface area contributed by atoms with Crippen LogP contribution in [0, 0.1) is 0 Å². The Morgan fingerprint density at radius 3 is 1.92 bits per heavy atom. The van der Waals surface area contributed by atoms with Gasteiger partial charge < -0.3 is 9.47 Å². The van der Waals surface area contributed by atoms with E-state index in [9.17, 15) is 4.79 Å². The Labute approximate surface area is 153 Å². The number of methoxy groups -OCH3 is 2. The molecule has 0 aromatic heterocycles. The average Bonchev–Trinajstić information content (AvgIpc) is 3.03. The van der Waals surface area contributed by atoms with Crippen molar-refractivity contribution in [3.8, 4) is 22.6 Å². The van der Waals surface area contributed by atoms with Crippen molar-refractivity contribution in [3.63, 3.8) is 0 Å². The molecule has 0 saturated heterocycles. The van der Waals surface area contributed by atoms with E-state index >= 15 is 0 Å². The molecule has 0 heterocycles. The van der Waals surface area contributed by atoms with Gasteiger partial charge in [0.05, 0.1) is 20.1 Å². The Morgan fingerprint density at radius 1 is 0.808 bits per heavy atom. The van der Waals surface area contributed by atoms with Crippen molar-refractivity contribution < 1.29 is 14.3 Å². The lowest BCUT2D eigenvalue weighted by Gasteiger charge is -2.21. The van der Waals surface area contributed by atoms with Crippen molar-refractivity contribution in [1.82, 2.24) is 0 Å². The Morgan fingerprint density at radius 2 is 1.38 bits per heavy atom. The summed E-state index contributed by atoms with van der Waals surface area (Å²) < 4.78 is 10.7. The summed E-state index contributed by atoms with van der Waals surface area (Å²) in [5.74, 6) is 0.788. The minimum absolute atomic E-state index is 0.0574. The minimum Gasteiger partial charge on any atom is -0.493 e. The van der Waals surface area contributed by atoms with Crippen molar-refractivity contribution in [2.75, 3.05) is 14.2 Å². The van der Waals surface area contributed by atoms with Crippen LogP contribution in [0.5, 0.6) is 11.5 Å². The van der Waals surface area contributed by atoms with Gasteiger partial charge in [-0.3, -0.25) is 4.79 Å². The zero-order valence-electron chi connectivity index (χ0n) is 14.7. The van der Waals surface area contributed by atoms with Crippen LogP contribution in [-0.2, 0) is 4.79 Å². The molecule has 1 atom stereocenters. The molecule has 3 aromatic rings. The highest BCUT2D eigenvalue weighted by Gasteiger charge is 2.35. The van der Waals surface area contributed by atoms with E-state index in [1.54, 1.807) is 14.2 Å². The molecule has 0 spiro atoms. The topological polar surface area (TPSA) is 35.5 Å². The highest BCUT2D eigenvalue weighted by molar-refractivity contribution is 5.82. The summed E-state index contributed by atoms with van der Waals surface area (Å²) in [6, 6.07) is 22.2. The first-order chi connectivity index (χ1) is 12.8. The number of benzene rings is 3. The molecule has 26 heavy (non-hydrogen) atoms. The zero-order chi connectivity index (χ0) is 18.1. The minimum atomic E-state index is -0.417.